The van der Waals surface area contributed by atoms with Gasteiger partial charge in [0, 0.05) is 22.2 Å². The van der Waals surface area contributed by atoms with Crippen molar-refractivity contribution in [3.05, 3.63) is 36.0 Å². The maximum Gasteiger partial charge on any atom is 0.446 e. The summed E-state index contributed by atoms with van der Waals surface area (Å²) in [5, 5.41) is 0. The molecule has 0 saturated heterocycles. The second-order valence-corrected chi connectivity index (χ2v) is 4.97. The lowest BCUT2D eigenvalue weighted by Gasteiger charge is -2.07. The van der Waals surface area contributed by atoms with E-state index in [4.69, 9.17) is 5.73 Å². The van der Waals surface area contributed by atoms with Crippen molar-refractivity contribution in [3.63, 3.8) is 0 Å². The number of rotatable bonds is 2. The predicted molar refractivity (Wildman–Crippen MR) is 68.5 cm³/mol. The molecule has 0 bridgehead atoms. The Morgan fingerprint density at radius 2 is 1.74 bits per heavy atom. The number of alkyl halides is 3. The molecule has 2 N–H and O–H groups in total. The normalized spacial score (nSPS) is 11.6. The second kappa shape index (κ2) is 5.08. The van der Waals surface area contributed by atoms with Crippen LogP contribution in [0.15, 0.2) is 35.2 Å². The number of benzene rings is 1. The summed E-state index contributed by atoms with van der Waals surface area (Å²) >= 11 is -0.155. The zero-order chi connectivity index (χ0) is 14.0. The van der Waals surface area contributed by atoms with Gasteiger partial charge in [-0.3, -0.25) is 0 Å². The second-order valence-electron chi connectivity index (χ2n) is 3.83. The number of nitrogen functional groups attached to an aromatic ring is 1. The lowest BCUT2D eigenvalue weighted by molar-refractivity contribution is -0.0328. The van der Waals surface area contributed by atoms with Gasteiger partial charge in [0.1, 0.15) is 5.82 Å². The third-order valence-electron chi connectivity index (χ3n) is 2.22. The Morgan fingerprint density at radius 3 is 2.26 bits per heavy atom. The van der Waals surface area contributed by atoms with E-state index in [-0.39, 0.29) is 16.7 Å². The van der Waals surface area contributed by atoms with Crippen molar-refractivity contribution in [2.75, 3.05) is 5.73 Å². The zero-order valence-electron chi connectivity index (χ0n) is 9.90. The van der Waals surface area contributed by atoms with E-state index >= 15 is 0 Å². The van der Waals surface area contributed by atoms with Gasteiger partial charge in [-0.05, 0) is 30.8 Å². The highest BCUT2D eigenvalue weighted by Crippen LogP contribution is 2.37. The molecule has 0 aliphatic rings. The van der Waals surface area contributed by atoms with Crippen LogP contribution in [0.25, 0.3) is 11.4 Å². The molecule has 100 valence electrons. The van der Waals surface area contributed by atoms with Crippen LogP contribution < -0.4 is 5.73 Å². The summed E-state index contributed by atoms with van der Waals surface area (Å²) in [6.45, 7) is 1.77. The summed E-state index contributed by atoms with van der Waals surface area (Å²) in [6, 6.07) is 7.48. The lowest BCUT2D eigenvalue weighted by atomic mass is 10.2. The quantitative estimate of drug-likeness (QED) is 0.856. The fourth-order valence-corrected chi connectivity index (χ4v) is 2.07. The van der Waals surface area contributed by atoms with Gasteiger partial charge in [-0.2, -0.15) is 13.2 Å². The van der Waals surface area contributed by atoms with Gasteiger partial charge in [-0.25, -0.2) is 9.97 Å². The number of halogens is 3. The number of hydrogen-bond acceptors (Lipinski definition) is 4. The van der Waals surface area contributed by atoms with Crippen molar-refractivity contribution < 1.29 is 13.2 Å². The summed E-state index contributed by atoms with van der Waals surface area (Å²) in [6.07, 6.45) is 0. The van der Waals surface area contributed by atoms with Crippen molar-refractivity contribution in [2.45, 2.75) is 17.3 Å². The molecule has 19 heavy (non-hydrogen) atoms. The van der Waals surface area contributed by atoms with E-state index in [1.165, 1.54) is 12.1 Å². The molecule has 0 aliphatic carbocycles. The van der Waals surface area contributed by atoms with Crippen LogP contribution >= 0.6 is 11.8 Å². The van der Waals surface area contributed by atoms with Gasteiger partial charge >= 0.3 is 5.51 Å². The van der Waals surface area contributed by atoms with Gasteiger partial charge in [-0.15, -0.1) is 0 Å². The Bertz CT molecular complexity index is 562. The molecule has 3 nitrogen and oxygen atoms in total. The minimum Gasteiger partial charge on any atom is -0.384 e. The van der Waals surface area contributed by atoms with Crippen molar-refractivity contribution in [1.82, 2.24) is 9.97 Å². The van der Waals surface area contributed by atoms with Crippen LogP contribution in [0.1, 0.15) is 5.69 Å². The van der Waals surface area contributed by atoms with Crippen molar-refractivity contribution in [2.24, 2.45) is 0 Å². The van der Waals surface area contributed by atoms with Gasteiger partial charge < -0.3 is 5.73 Å². The van der Waals surface area contributed by atoms with E-state index in [1.54, 1.807) is 25.1 Å². The monoisotopic (exact) mass is 285 g/mol. The van der Waals surface area contributed by atoms with E-state index < -0.39 is 5.51 Å². The number of aromatic nitrogens is 2. The predicted octanol–water partition coefficient (Wildman–Crippen LogP) is 3.65. The molecule has 0 saturated carbocycles. The molecule has 1 aromatic carbocycles. The summed E-state index contributed by atoms with van der Waals surface area (Å²) in [5.41, 5.74) is 2.65. The summed E-state index contributed by atoms with van der Waals surface area (Å²) in [5.74, 6) is 0.734. The lowest BCUT2D eigenvalue weighted by Crippen LogP contribution is -1.99. The Labute approximate surface area is 112 Å². The molecule has 0 atom stereocenters. The zero-order valence-corrected chi connectivity index (χ0v) is 10.7. The number of aryl methyl sites for hydroxylation is 1. The molecule has 0 aliphatic heterocycles. The molecule has 7 heteroatoms. The highest BCUT2D eigenvalue weighted by atomic mass is 32.2. The minimum atomic E-state index is -4.29. The molecule has 0 amide bonds. The molecule has 2 rings (SSSR count). The topological polar surface area (TPSA) is 51.8 Å². The van der Waals surface area contributed by atoms with E-state index in [2.05, 4.69) is 9.97 Å². The largest absolute Gasteiger partial charge is 0.446 e. The van der Waals surface area contributed by atoms with E-state index in [0.29, 0.717) is 22.9 Å². The first-order valence-electron chi connectivity index (χ1n) is 5.31. The summed E-state index contributed by atoms with van der Waals surface area (Å²) < 4.78 is 36.6. The molecular weight excluding hydrogens is 275 g/mol. The average molecular weight is 285 g/mol. The SMILES string of the molecule is Cc1cc(N)nc(-c2ccc(SC(F)(F)F)cc2)n1. The van der Waals surface area contributed by atoms with Gasteiger partial charge in [-0.1, -0.05) is 12.1 Å². The molecule has 2 aromatic rings. The first kappa shape index (κ1) is 13.7. The maximum atomic E-state index is 12.2. The van der Waals surface area contributed by atoms with Crippen LogP contribution in [-0.4, -0.2) is 15.5 Å². The number of hydrogen-bond donors (Lipinski definition) is 1. The Balaban J connectivity index is 2.27. The molecule has 0 unspecified atom stereocenters. The summed E-state index contributed by atoms with van der Waals surface area (Å²) in [7, 11) is 0. The van der Waals surface area contributed by atoms with Gasteiger partial charge in [0.15, 0.2) is 5.82 Å². The average Bonchev–Trinajstić information content (AvgIpc) is 2.26. The number of anilines is 1. The van der Waals surface area contributed by atoms with Crippen molar-refractivity contribution in [1.29, 1.82) is 0 Å². The van der Waals surface area contributed by atoms with Crippen LogP contribution in [-0.2, 0) is 0 Å². The van der Waals surface area contributed by atoms with Crippen molar-refractivity contribution in [3.8, 4) is 11.4 Å². The van der Waals surface area contributed by atoms with E-state index in [1.807, 2.05) is 0 Å². The van der Waals surface area contributed by atoms with Crippen LogP contribution in [0.4, 0.5) is 19.0 Å². The third kappa shape index (κ3) is 3.85. The van der Waals surface area contributed by atoms with Gasteiger partial charge in [0.25, 0.3) is 0 Å². The number of nitrogens with two attached hydrogens (primary N) is 1. The molecule has 1 heterocycles. The number of nitrogens with zero attached hydrogens (tertiary/aromatic N) is 2. The van der Waals surface area contributed by atoms with Gasteiger partial charge in [0.05, 0.1) is 0 Å². The smallest absolute Gasteiger partial charge is 0.384 e. The molecule has 0 fully saturated rings. The van der Waals surface area contributed by atoms with E-state index in [0.717, 1.165) is 0 Å². The van der Waals surface area contributed by atoms with Crippen LogP contribution in [0, 0.1) is 6.92 Å². The first-order valence-corrected chi connectivity index (χ1v) is 6.12. The van der Waals surface area contributed by atoms with Gasteiger partial charge in [0.2, 0.25) is 0 Å². The molecule has 0 radical (unpaired) electrons. The Hall–Kier alpha value is -1.76. The highest BCUT2D eigenvalue weighted by Gasteiger charge is 2.29. The van der Waals surface area contributed by atoms with Crippen LogP contribution in [0.2, 0.25) is 0 Å². The van der Waals surface area contributed by atoms with Crippen LogP contribution in [0.3, 0.4) is 0 Å². The first-order chi connectivity index (χ1) is 8.83. The highest BCUT2D eigenvalue weighted by molar-refractivity contribution is 8.00. The number of thioether (sulfide) groups is 1. The van der Waals surface area contributed by atoms with Crippen LogP contribution in [0.5, 0.6) is 0 Å². The Morgan fingerprint density at radius 1 is 1.11 bits per heavy atom. The fraction of sp³-hybridized carbons (Fsp3) is 0.167. The van der Waals surface area contributed by atoms with Crippen molar-refractivity contribution >= 4 is 17.6 Å². The maximum absolute atomic E-state index is 12.2. The summed E-state index contributed by atoms with van der Waals surface area (Å²) in [4.78, 5) is 8.36. The molecular formula is C12H10F3N3S. The fourth-order valence-electron chi connectivity index (χ4n) is 1.53. The standard InChI is InChI=1S/C12H10F3N3S/c1-7-6-10(16)18-11(17-7)8-2-4-9(5-3-8)19-12(13,14)15/h2-6H,1H3,(H2,16,17,18). The molecule has 1 aromatic heterocycles. The molecule has 0 spiro atoms. The Kier molecular flexibility index (Phi) is 3.66. The van der Waals surface area contributed by atoms with E-state index in [9.17, 15) is 13.2 Å². The minimum absolute atomic E-state index is 0.122. The third-order valence-corrected chi connectivity index (χ3v) is 2.96.